The van der Waals surface area contributed by atoms with E-state index in [0.29, 0.717) is 25.3 Å². The van der Waals surface area contributed by atoms with Crippen LogP contribution in [0.25, 0.3) is 11.0 Å². The average Bonchev–Trinajstić information content (AvgIpc) is 3.11. The quantitative estimate of drug-likeness (QED) is 0.782. The van der Waals surface area contributed by atoms with Gasteiger partial charge in [0.1, 0.15) is 24.0 Å². The minimum Gasteiger partial charge on any atom is -0.435 e. The highest BCUT2D eigenvalue weighted by atomic mass is 19.3. The first-order chi connectivity index (χ1) is 12.2. The second-order valence-corrected chi connectivity index (χ2v) is 5.58. The van der Waals surface area contributed by atoms with E-state index in [1.807, 2.05) is 0 Å². The maximum Gasteiger partial charge on any atom is 0.387 e. The van der Waals surface area contributed by atoms with Gasteiger partial charge in [0.25, 0.3) is 0 Å². The predicted molar refractivity (Wildman–Crippen MR) is 85.7 cm³/mol. The van der Waals surface area contributed by atoms with Crippen molar-refractivity contribution >= 4 is 16.9 Å². The average molecular weight is 347 g/mol. The number of hydrogen-bond acceptors (Lipinski definition) is 6. The van der Waals surface area contributed by atoms with Crippen molar-refractivity contribution in [2.24, 2.45) is 0 Å². The Bertz CT molecular complexity index is 855. The summed E-state index contributed by atoms with van der Waals surface area (Å²) in [6.45, 7) is -1.02. The maximum absolute atomic E-state index is 12.2. The molecule has 4 rings (SSSR count). The van der Waals surface area contributed by atoms with Gasteiger partial charge in [-0.05, 0) is 17.7 Å². The van der Waals surface area contributed by atoms with Crippen LogP contribution in [0.4, 0.5) is 14.6 Å². The third kappa shape index (κ3) is 3.22. The summed E-state index contributed by atoms with van der Waals surface area (Å²) in [5, 5.41) is 7.69. The standard InChI is InChI=1S/C16H15F2N5O2/c17-16(18)25-11-3-1-10(2-4-11)13-8-23(5-6-24-13)15-12-7-21-22-14(12)19-9-20-15/h1-4,7,9,13,16H,5-6,8H2,(H,19,20,21,22). The van der Waals surface area contributed by atoms with Crippen molar-refractivity contribution in [1.29, 1.82) is 0 Å². The number of aromatic nitrogens is 4. The Morgan fingerprint density at radius 3 is 2.88 bits per heavy atom. The SMILES string of the molecule is FC(F)Oc1ccc(C2CN(c3ncnc4[nH]ncc34)CCO2)cc1. The lowest BCUT2D eigenvalue weighted by atomic mass is 10.1. The van der Waals surface area contributed by atoms with Crippen LogP contribution >= 0.6 is 0 Å². The molecule has 0 spiro atoms. The summed E-state index contributed by atoms with van der Waals surface area (Å²) in [6, 6.07) is 6.50. The third-order valence-corrected chi connectivity index (χ3v) is 4.07. The Morgan fingerprint density at radius 2 is 2.08 bits per heavy atom. The van der Waals surface area contributed by atoms with Gasteiger partial charge in [0.2, 0.25) is 0 Å². The molecule has 3 heterocycles. The van der Waals surface area contributed by atoms with Gasteiger partial charge in [0, 0.05) is 13.1 Å². The first kappa shape index (κ1) is 15.7. The molecule has 2 aromatic heterocycles. The summed E-state index contributed by atoms with van der Waals surface area (Å²) in [5.74, 6) is 0.923. The van der Waals surface area contributed by atoms with Gasteiger partial charge >= 0.3 is 6.61 Å². The second kappa shape index (κ2) is 6.60. The Hall–Kier alpha value is -2.81. The Kier molecular flexibility index (Phi) is 4.14. The Morgan fingerprint density at radius 1 is 1.24 bits per heavy atom. The molecule has 0 amide bonds. The van der Waals surface area contributed by atoms with Crippen molar-refractivity contribution in [3.05, 3.63) is 42.4 Å². The molecule has 1 aliphatic rings. The van der Waals surface area contributed by atoms with E-state index in [-0.39, 0.29) is 11.9 Å². The molecule has 7 nitrogen and oxygen atoms in total. The molecular formula is C16H15F2N5O2. The Balaban J connectivity index is 1.54. The van der Waals surface area contributed by atoms with Crippen LogP contribution in [0.15, 0.2) is 36.8 Å². The van der Waals surface area contributed by atoms with Crippen LogP contribution in [0.3, 0.4) is 0 Å². The van der Waals surface area contributed by atoms with Crippen LogP contribution in [0.2, 0.25) is 0 Å². The number of nitrogens with zero attached hydrogens (tertiary/aromatic N) is 4. The van der Waals surface area contributed by atoms with Crippen molar-refractivity contribution in [1.82, 2.24) is 20.2 Å². The number of nitrogens with one attached hydrogen (secondary N) is 1. The number of alkyl halides is 2. The number of ether oxygens (including phenoxy) is 2. The number of rotatable bonds is 4. The molecule has 1 unspecified atom stereocenters. The highest BCUT2D eigenvalue weighted by Gasteiger charge is 2.24. The zero-order valence-electron chi connectivity index (χ0n) is 13.1. The van der Waals surface area contributed by atoms with E-state index in [4.69, 9.17) is 4.74 Å². The van der Waals surface area contributed by atoms with Gasteiger partial charge in [-0.1, -0.05) is 12.1 Å². The second-order valence-electron chi connectivity index (χ2n) is 5.58. The number of halogens is 2. The van der Waals surface area contributed by atoms with E-state index >= 15 is 0 Å². The van der Waals surface area contributed by atoms with E-state index in [0.717, 1.165) is 16.8 Å². The fraction of sp³-hybridized carbons (Fsp3) is 0.312. The van der Waals surface area contributed by atoms with Crippen LogP contribution in [-0.2, 0) is 4.74 Å². The van der Waals surface area contributed by atoms with Crippen LogP contribution in [-0.4, -0.2) is 46.5 Å². The first-order valence-corrected chi connectivity index (χ1v) is 7.76. The summed E-state index contributed by atoms with van der Waals surface area (Å²) in [4.78, 5) is 10.6. The minimum atomic E-state index is -2.83. The number of benzene rings is 1. The molecule has 1 aromatic carbocycles. The molecule has 1 N–H and O–H groups in total. The molecule has 0 radical (unpaired) electrons. The van der Waals surface area contributed by atoms with Crippen LogP contribution in [0.1, 0.15) is 11.7 Å². The van der Waals surface area contributed by atoms with Gasteiger partial charge in [-0.25, -0.2) is 9.97 Å². The molecule has 130 valence electrons. The first-order valence-electron chi connectivity index (χ1n) is 7.76. The molecule has 3 aromatic rings. The number of H-pyrrole nitrogens is 1. The van der Waals surface area contributed by atoms with Gasteiger partial charge in [-0.2, -0.15) is 13.9 Å². The maximum atomic E-state index is 12.2. The zero-order chi connectivity index (χ0) is 17.2. The van der Waals surface area contributed by atoms with Gasteiger partial charge in [0.05, 0.1) is 18.2 Å². The summed E-state index contributed by atoms with van der Waals surface area (Å²) in [6.07, 6.45) is 3.01. The van der Waals surface area contributed by atoms with Crippen molar-refractivity contribution in [2.75, 3.05) is 24.6 Å². The summed E-state index contributed by atoms with van der Waals surface area (Å²) in [7, 11) is 0. The third-order valence-electron chi connectivity index (χ3n) is 4.07. The number of hydrogen-bond donors (Lipinski definition) is 1. The molecule has 1 atom stereocenters. The molecule has 0 saturated carbocycles. The zero-order valence-corrected chi connectivity index (χ0v) is 13.1. The van der Waals surface area contributed by atoms with E-state index in [1.54, 1.807) is 18.3 Å². The molecule has 0 bridgehead atoms. The monoisotopic (exact) mass is 347 g/mol. The van der Waals surface area contributed by atoms with Gasteiger partial charge < -0.3 is 14.4 Å². The minimum absolute atomic E-state index is 0.127. The van der Waals surface area contributed by atoms with Crippen molar-refractivity contribution < 1.29 is 18.3 Å². The van der Waals surface area contributed by atoms with Crippen molar-refractivity contribution in [3.63, 3.8) is 0 Å². The molecule has 1 saturated heterocycles. The van der Waals surface area contributed by atoms with Crippen LogP contribution < -0.4 is 9.64 Å². The fourth-order valence-corrected chi connectivity index (χ4v) is 2.91. The van der Waals surface area contributed by atoms with Crippen molar-refractivity contribution in [3.8, 4) is 5.75 Å². The van der Waals surface area contributed by atoms with E-state index in [2.05, 4.69) is 29.8 Å². The number of fused-ring (bicyclic) bond motifs is 1. The van der Waals surface area contributed by atoms with Gasteiger partial charge in [-0.3, -0.25) is 5.10 Å². The molecular weight excluding hydrogens is 332 g/mol. The number of morpholine rings is 1. The summed E-state index contributed by atoms with van der Waals surface area (Å²) in [5.41, 5.74) is 1.57. The van der Waals surface area contributed by atoms with E-state index in [1.165, 1.54) is 18.5 Å². The van der Waals surface area contributed by atoms with E-state index in [9.17, 15) is 8.78 Å². The largest absolute Gasteiger partial charge is 0.435 e. The summed E-state index contributed by atoms with van der Waals surface area (Å²) < 4.78 is 34.7. The fourth-order valence-electron chi connectivity index (χ4n) is 2.91. The van der Waals surface area contributed by atoms with Crippen LogP contribution in [0.5, 0.6) is 5.75 Å². The molecule has 0 aliphatic carbocycles. The lowest BCUT2D eigenvalue weighted by Gasteiger charge is -2.34. The van der Waals surface area contributed by atoms with Gasteiger partial charge in [0.15, 0.2) is 5.65 Å². The highest BCUT2D eigenvalue weighted by Crippen LogP contribution is 2.29. The molecule has 9 heteroatoms. The number of anilines is 1. The normalized spacial score (nSPS) is 18.0. The number of aromatic amines is 1. The lowest BCUT2D eigenvalue weighted by molar-refractivity contribution is -0.0498. The Labute approximate surface area is 141 Å². The summed E-state index contributed by atoms with van der Waals surface area (Å²) >= 11 is 0. The predicted octanol–water partition coefficient (Wildman–Crippen LogP) is 2.53. The topological polar surface area (TPSA) is 76.2 Å². The lowest BCUT2D eigenvalue weighted by Crippen LogP contribution is -2.39. The van der Waals surface area contributed by atoms with Crippen molar-refractivity contribution in [2.45, 2.75) is 12.7 Å². The smallest absolute Gasteiger partial charge is 0.387 e. The molecule has 1 aliphatic heterocycles. The molecule has 25 heavy (non-hydrogen) atoms. The van der Waals surface area contributed by atoms with E-state index < -0.39 is 6.61 Å². The molecule has 1 fully saturated rings. The van der Waals surface area contributed by atoms with Crippen LogP contribution in [0, 0.1) is 0 Å². The highest BCUT2D eigenvalue weighted by molar-refractivity contribution is 5.86. The van der Waals surface area contributed by atoms with Gasteiger partial charge in [-0.15, -0.1) is 0 Å².